The third-order valence-electron chi connectivity index (χ3n) is 1.76. The van der Waals surface area contributed by atoms with Gasteiger partial charge in [-0.3, -0.25) is 9.69 Å². The Bertz CT molecular complexity index is 136. The SMILES string of the molecule is CC(=O)CN1CC[C@H](N)C1. The molecule has 0 unspecified atom stereocenters. The second-order valence-corrected chi connectivity index (χ2v) is 2.99. The van der Waals surface area contributed by atoms with Gasteiger partial charge in [-0.05, 0) is 13.3 Å². The van der Waals surface area contributed by atoms with E-state index in [4.69, 9.17) is 5.73 Å². The molecular formula is C7H14N2O. The minimum Gasteiger partial charge on any atom is -0.326 e. The smallest absolute Gasteiger partial charge is 0.143 e. The van der Waals surface area contributed by atoms with Crippen LogP contribution in [-0.4, -0.2) is 36.4 Å². The third kappa shape index (κ3) is 2.08. The molecule has 0 aromatic heterocycles. The van der Waals surface area contributed by atoms with Gasteiger partial charge in [0.15, 0.2) is 0 Å². The largest absolute Gasteiger partial charge is 0.326 e. The normalized spacial score (nSPS) is 27.2. The van der Waals surface area contributed by atoms with Gasteiger partial charge in [0.05, 0.1) is 6.54 Å². The highest BCUT2D eigenvalue weighted by Crippen LogP contribution is 2.05. The van der Waals surface area contributed by atoms with E-state index in [1.165, 1.54) is 0 Å². The molecule has 1 rings (SSSR count). The van der Waals surface area contributed by atoms with E-state index < -0.39 is 0 Å². The molecule has 58 valence electrons. The van der Waals surface area contributed by atoms with Crippen molar-refractivity contribution in [1.82, 2.24) is 4.90 Å². The molecule has 0 aliphatic carbocycles. The van der Waals surface area contributed by atoms with Crippen molar-refractivity contribution in [2.45, 2.75) is 19.4 Å². The molecule has 1 saturated heterocycles. The second-order valence-electron chi connectivity index (χ2n) is 2.99. The van der Waals surface area contributed by atoms with Crippen LogP contribution in [0.1, 0.15) is 13.3 Å². The first kappa shape index (κ1) is 7.69. The van der Waals surface area contributed by atoms with E-state index in [2.05, 4.69) is 4.90 Å². The molecule has 0 bridgehead atoms. The lowest BCUT2D eigenvalue weighted by atomic mass is 10.3. The van der Waals surface area contributed by atoms with E-state index in [9.17, 15) is 4.79 Å². The Hall–Kier alpha value is -0.410. The molecule has 0 aromatic carbocycles. The molecule has 2 N–H and O–H groups in total. The summed E-state index contributed by atoms with van der Waals surface area (Å²) in [6, 6.07) is 0.291. The minimum absolute atomic E-state index is 0.231. The zero-order valence-electron chi connectivity index (χ0n) is 6.34. The molecule has 0 radical (unpaired) electrons. The van der Waals surface area contributed by atoms with E-state index in [0.29, 0.717) is 12.6 Å². The van der Waals surface area contributed by atoms with E-state index in [1.54, 1.807) is 6.92 Å². The maximum absolute atomic E-state index is 10.6. The monoisotopic (exact) mass is 142 g/mol. The van der Waals surface area contributed by atoms with Crippen LogP contribution in [0.5, 0.6) is 0 Å². The summed E-state index contributed by atoms with van der Waals surface area (Å²) < 4.78 is 0. The Morgan fingerprint density at radius 2 is 2.50 bits per heavy atom. The number of Topliss-reactive ketones (excluding diaryl/α,β-unsaturated/α-hetero) is 1. The van der Waals surface area contributed by atoms with Crippen LogP contribution < -0.4 is 5.73 Å². The predicted molar refractivity (Wildman–Crippen MR) is 39.7 cm³/mol. The molecule has 10 heavy (non-hydrogen) atoms. The quantitative estimate of drug-likeness (QED) is 0.571. The molecule has 0 amide bonds. The summed E-state index contributed by atoms with van der Waals surface area (Å²) in [4.78, 5) is 12.7. The summed E-state index contributed by atoms with van der Waals surface area (Å²) in [5.74, 6) is 0.231. The van der Waals surface area contributed by atoms with Crippen LogP contribution >= 0.6 is 0 Å². The summed E-state index contributed by atoms with van der Waals surface area (Å²) in [5, 5.41) is 0. The lowest BCUT2D eigenvalue weighted by molar-refractivity contribution is -0.117. The van der Waals surface area contributed by atoms with Crippen LogP contribution in [0.3, 0.4) is 0 Å². The first-order valence-corrected chi connectivity index (χ1v) is 3.66. The molecule has 1 fully saturated rings. The zero-order valence-corrected chi connectivity index (χ0v) is 6.34. The molecule has 1 aliphatic heterocycles. The Labute approximate surface area is 61.2 Å². The molecule has 0 spiro atoms. The van der Waals surface area contributed by atoms with Gasteiger partial charge in [0, 0.05) is 19.1 Å². The molecule has 1 aliphatic rings. The fourth-order valence-electron chi connectivity index (χ4n) is 1.32. The van der Waals surface area contributed by atoms with Crippen molar-refractivity contribution < 1.29 is 4.79 Å². The summed E-state index contributed by atoms with van der Waals surface area (Å²) in [6.07, 6.45) is 1.04. The molecule has 3 nitrogen and oxygen atoms in total. The van der Waals surface area contributed by atoms with E-state index in [1.807, 2.05) is 0 Å². The Morgan fingerprint density at radius 1 is 1.80 bits per heavy atom. The first-order valence-electron chi connectivity index (χ1n) is 3.66. The number of nitrogens with two attached hydrogens (primary N) is 1. The Morgan fingerprint density at radius 3 is 2.90 bits per heavy atom. The molecule has 1 atom stereocenters. The number of rotatable bonds is 2. The summed E-state index contributed by atoms with van der Waals surface area (Å²) in [7, 11) is 0. The summed E-state index contributed by atoms with van der Waals surface area (Å²) in [5.41, 5.74) is 5.65. The standard InChI is InChI=1S/C7H14N2O/c1-6(10)4-9-3-2-7(8)5-9/h7H,2-5,8H2,1H3/t7-/m0/s1. The Kier molecular flexibility index (Phi) is 2.40. The first-order chi connectivity index (χ1) is 4.68. The molecule has 1 heterocycles. The maximum Gasteiger partial charge on any atom is 0.143 e. The average molecular weight is 142 g/mol. The van der Waals surface area contributed by atoms with Gasteiger partial charge in [0.25, 0.3) is 0 Å². The lowest BCUT2D eigenvalue weighted by Gasteiger charge is -2.11. The van der Waals surface area contributed by atoms with E-state index in [0.717, 1.165) is 19.5 Å². The van der Waals surface area contributed by atoms with Gasteiger partial charge >= 0.3 is 0 Å². The molecular weight excluding hydrogens is 128 g/mol. The Balaban J connectivity index is 2.24. The minimum atomic E-state index is 0.231. The van der Waals surface area contributed by atoms with Crippen LogP contribution in [0, 0.1) is 0 Å². The molecule has 0 saturated carbocycles. The number of likely N-dealkylation sites (tertiary alicyclic amines) is 1. The average Bonchev–Trinajstić information content (AvgIpc) is 2.13. The number of nitrogens with zero attached hydrogens (tertiary/aromatic N) is 1. The topological polar surface area (TPSA) is 46.3 Å². The number of carbonyl (C=O) groups is 1. The number of hydrogen-bond acceptors (Lipinski definition) is 3. The zero-order chi connectivity index (χ0) is 7.56. The van der Waals surface area contributed by atoms with Crippen molar-refractivity contribution in [3.8, 4) is 0 Å². The highest BCUT2D eigenvalue weighted by Gasteiger charge is 2.19. The molecule has 3 heteroatoms. The fraction of sp³-hybridized carbons (Fsp3) is 0.857. The van der Waals surface area contributed by atoms with Crippen molar-refractivity contribution in [3.63, 3.8) is 0 Å². The van der Waals surface area contributed by atoms with Crippen molar-refractivity contribution in [2.75, 3.05) is 19.6 Å². The van der Waals surface area contributed by atoms with Gasteiger partial charge < -0.3 is 5.73 Å². The number of carbonyl (C=O) groups excluding carboxylic acids is 1. The highest BCUT2D eigenvalue weighted by molar-refractivity contribution is 5.77. The van der Waals surface area contributed by atoms with Crippen LogP contribution in [0.4, 0.5) is 0 Å². The van der Waals surface area contributed by atoms with Crippen molar-refractivity contribution in [3.05, 3.63) is 0 Å². The van der Waals surface area contributed by atoms with Crippen molar-refractivity contribution in [2.24, 2.45) is 5.73 Å². The van der Waals surface area contributed by atoms with Gasteiger partial charge in [-0.15, -0.1) is 0 Å². The highest BCUT2D eigenvalue weighted by atomic mass is 16.1. The van der Waals surface area contributed by atoms with Gasteiger partial charge in [0.2, 0.25) is 0 Å². The van der Waals surface area contributed by atoms with Crippen molar-refractivity contribution in [1.29, 1.82) is 0 Å². The van der Waals surface area contributed by atoms with Crippen molar-refractivity contribution >= 4 is 5.78 Å². The van der Waals surface area contributed by atoms with E-state index in [-0.39, 0.29) is 5.78 Å². The maximum atomic E-state index is 10.6. The van der Waals surface area contributed by atoms with E-state index >= 15 is 0 Å². The van der Waals surface area contributed by atoms with Gasteiger partial charge in [-0.1, -0.05) is 0 Å². The second kappa shape index (κ2) is 3.12. The van der Waals surface area contributed by atoms with Gasteiger partial charge in [0.1, 0.15) is 5.78 Å². The van der Waals surface area contributed by atoms with Gasteiger partial charge in [-0.25, -0.2) is 0 Å². The summed E-state index contributed by atoms with van der Waals surface area (Å²) >= 11 is 0. The number of ketones is 1. The lowest BCUT2D eigenvalue weighted by Crippen LogP contribution is -2.29. The third-order valence-corrected chi connectivity index (χ3v) is 1.76. The van der Waals surface area contributed by atoms with Crippen LogP contribution in [0.25, 0.3) is 0 Å². The predicted octanol–water partition coefficient (Wildman–Crippen LogP) is -0.392. The molecule has 0 aromatic rings. The van der Waals surface area contributed by atoms with Gasteiger partial charge in [-0.2, -0.15) is 0 Å². The van der Waals surface area contributed by atoms with Crippen LogP contribution in [-0.2, 0) is 4.79 Å². The van der Waals surface area contributed by atoms with Crippen LogP contribution in [0.15, 0.2) is 0 Å². The fourth-order valence-corrected chi connectivity index (χ4v) is 1.32. The number of hydrogen-bond donors (Lipinski definition) is 1. The summed E-state index contributed by atoms with van der Waals surface area (Å²) in [6.45, 7) is 4.07. The van der Waals surface area contributed by atoms with Crippen LogP contribution in [0.2, 0.25) is 0 Å².